The van der Waals surface area contributed by atoms with E-state index in [1.807, 2.05) is 104 Å². The number of hydrogen-bond donors (Lipinski definition) is 3. The summed E-state index contributed by atoms with van der Waals surface area (Å²) in [5, 5.41) is 7.78. The molecule has 196 valence electrons. The largest absolute Gasteiger partial charge is 0.362 e. The molecule has 5 rings (SSSR count). The van der Waals surface area contributed by atoms with Crippen LogP contribution < -0.4 is 15.5 Å². The van der Waals surface area contributed by atoms with Crippen LogP contribution in [0.2, 0.25) is 0 Å². The second-order valence-corrected chi connectivity index (χ2v) is 10.4. The van der Waals surface area contributed by atoms with Crippen LogP contribution in [0.4, 0.5) is 16.6 Å². The minimum absolute atomic E-state index is 0.0541. The molecule has 1 fully saturated rings. The molecule has 38 heavy (non-hydrogen) atoms. The Hall–Kier alpha value is -3.78. The van der Waals surface area contributed by atoms with Gasteiger partial charge in [0.1, 0.15) is 5.82 Å². The Morgan fingerprint density at radius 3 is 2.03 bits per heavy atom. The predicted octanol–water partition coefficient (Wildman–Crippen LogP) is 6.06. The molecule has 0 aliphatic heterocycles. The lowest BCUT2D eigenvalue weighted by atomic mass is 9.91. The molecule has 1 heterocycles. The van der Waals surface area contributed by atoms with Crippen LogP contribution in [-0.2, 0) is 0 Å². The highest BCUT2D eigenvalue weighted by molar-refractivity contribution is 7.78. The van der Waals surface area contributed by atoms with E-state index in [-0.39, 0.29) is 24.2 Å². The van der Waals surface area contributed by atoms with Crippen molar-refractivity contribution in [1.29, 1.82) is 0 Å². The van der Waals surface area contributed by atoms with E-state index in [1.165, 1.54) is 0 Å². The zero-order valence-corrected chi connectivity index (χ0v) is 22.7. The third kappa shape index (κ3) is 5.86. The smallest absolute Gasteiger partial charge is 0.328 e. The highest BCUT2D eigenvalue weighted by Crippen LogP contribution is 2.29. The normalized spacial score (nSPS) is 17.3. The highest BCUT2D eigenvalue weighted by Gasteiger charge is 2.29. The summed E-state index contributed by atoms with van der Waals surface area (Å²) in [5.74, 6) is 1.54. The molecular formula is C30H34N6OS. The summed E-state index contributed by atoms with van der Waals surface area (Å²) in [7, 11) is 3.99. The summed E-state index contributed by atoms with van der Waals surface area (Å²) in [5.41, 5.74) is 3.00. The van der Waals surface area contributed by atoms with Crippen molar-refractivity contribution in [2.24, 2.45) is 0 Å². The van der Waals surface area contributed by atoms with E-state index in [2.05, 4.69) is 23.4 Å². The Labute approximate surface area is 229 Å². The van der Waals surface area contributed by atoms with E-state index in [9.17, 15) is 4.79 Å². The Balaban J connectivity index is 1.22. The molecule has 0 atom stereocenters. The van der Waals surface area contributed by atoms with Crippen molar-refractivity contribution in [3.05, 3.63) is 96.1 Å². The van der Waals surface area contributed by atoms with E-state index >= 15 is 0 Å². The minimum Gasteiger partial charge on any atom is -0.362 e. The fraction of sp³-hybridized carbons (Fsp3) is 0.300. The number of fused-ring (bicyclic) bond motifs is 1. The number of carbonyl (C=O) groups is 1. The van der Waals surface area contributed by atoms with Gasteiger partial charge in [-0.2, -0.15) is 4.98 Å². The van der Waals surface area contributed by atoms with E-state index in [0.29, 0.717) is 5.95 Å². The van der Waals surface area contributed by atoms with Crippen molar-refractivity contribution in [1.82, 2.24) is 19.6 Å². The van der Waals surface area contributed by atoms with Crippen LogP contribution in [0.3, 0.4) is 0 Å². The predicted molar refractivity (Wildman–Crippen MR) is 158 cm³/mol. The second kappa shape index (κ2) is 11.7. The number of benzene rings is 3. The molecule has 3 aromatic carbocycles. The molecule has 0 unspecified atom stereocenters. The first-order valence-corrected chi connectivity index (χ1v) is 13.5. The number of anilines is 2. The molecule has 4 aromatic rings. The fourth-order valence-corrected chi connectivity index (χ4v) is 5.41. The summed E-state index contributed by atoms with van der Waals surface area (Å²) in [6.07, 6.45) is 3.51. The third-order valence-electron chi connectivity index (χ3n) is 7.12. The first-order valence-electron chi connectivity index (χ1n) is 13.1. The van der Waals surface area contributed by atoms with Crippen molar-refractivity contribution >= 4 is 41.5 Å². The Morgan fingerprint density at radius 2 is 1.42 bits per heavy atom. The molecule has 2 amide bonds. The molecule has 0 spiro atoms. The molecule has 0 bridgehead atoms. The molecule has 1 saturated carbocycles. The number of rotatable bonds is 7. The standard InChI is InChI=1S/C30H34N6OS/c1-35(2)28-25-15-9-10-16-26(25)32-29(34-28)31-23-17-19-24(20-18-23)36(38)30(37)33-27(21-11-5-3-6-12-21)22-13-7-4-8-14-22/h3-16,23-24,27,38H,17-20H2,1-2H3,(H,33,37)(H,31,32,34). The highest BCUT2D eigenvalue weighted by atomic mass is 32.1. The van der Waals surface area contributed by atoms with Crippen molar-refractivity contribution < 1.29 is 4.79 Å². The Kier molecular flexibility index (Phi) is 7.98. The van der Waals surface area contributed by atoms with Gasteiger partial charge in [-0.15, -0.1) is 0 Å². The van der Waals surface area contributed by atoms with E-state index in [0.717, 1.165) is 53.5 Å². The SMILES string of the molecule is CN(C)c1nc(NC2CCC(N(S)C(=O)NC(c3ccccc3)c3ccccc3)CC2)nc2ccccc12. The number of hydrogen-bond acceptors (Lipinski definition) is 6. The molecule has 8 heteroatoms. The van der Waals surface area contributed by atoms with E-state index in [1.54, 1.807) is 4.31 Å². The molecule has 1 aromatic heterocycles. The molecule has 1 aliphatic carbocycles. The first-order chi connectivity index (χ1) is 18.5. The summed E-state index contributed by atoms with van der Waals surface area (Å²) >= 11 is 4.64. The van der Waals surface area contributed by atoms with Gasteiger partial charge in [0.2, 0.25) is 5.95 Å². The maximum atomic E-state index is 13.3. The minimum atomic E-state index is -0.242. The summed E-state index contributed by atoms with van der Waals surface area (Å²) in [6, 6.07) is 28.0. The van der Waals surface area contributed by atoms with Crippen LogP contribution in [0.15, 0.2) is 84.9 Å². The van der Waals surface area contributed by atoms with E-state index in [4.69, 9.17) is 9.97 Å². The molecule has 1 aliphatic rings. The molecule has 7 nitrogen and oxygen atoms in total. The summed E-state index contributed by atoms with van der Waals surface area (Å²) < 4.78 is 1.58. The van der Waals surface area contributed by atoms with Crippen molar-refractivity contribution in [3.63, 3.8) is 0 Å². The van der Waals surface area contributed by atoms with Crippen LogP contribution in [0, 0.1) is 0 Å². The quantitative estimate of drug-likeness (QED) is 0.255. The van der Waals surface area contributed by atoms with Gasteiger partial charge >= 0.3 is 6.03 Å². The maximum absolute atomic E-state index is 13.3. The summed E-state index contributed by atoms with van der Waals surface area (Å²) in [4.78, 5) is 24.8. The van der Waals surface area contributed by atoms with Gasteiger partial charge in [-0.25, -0.2) is 9.78 Å². The average molecular weight is 527 g/mol. The number of nitrogens with zero attached hydrogens (tertiary/aromatic N) is 4. The topological polar surface area (TPSA) is 73.4 Å². The average Bonchev–Trinajstić information content (AvgIpc) is 2.96. The van der Waals surface area contributed by atoms with Gasteiger partial charge < -0.3 is 15.5 Å². The van der Waals surface area contributed by atoms with Gasteiger partial charge in [0, 0.05) is 31.6 Å². The van der Waals surface area contributed by atoms with Crippen LogP contribution in [-0.4, -0.2) is 46.5 Å². The molecule has 0 saturated heterocycles. The number of thiol groups is 1. The molecule has 0 radical (unpaired) electrons. The van der Waals surface area contributed by atoms with Gasteiger partial charge in [-0.1, -0.05) is 85.6 Å². The third-order valence-corrected chi connectivity index (χ3v) is 7.63. The van der Waals surface area contributed by atoms with E-state index < -0.39 is 0 Å². The summed E-state index contributed by atoms with van der Waals surface area (Å²) in [6.45, 7) is 0. The zero-order chi connectivity index (χ0) is 26.5. The lowest BCUT2D eigenvalue weighted by Crippen LogP contribution is -2.44. The van der Waals surface area contributed by atoms with Gasteiger partial charge in [0.25, 0.3) is 0 Å². The van der Waals surface area contributed by atoms with Crippen LogP contribution in [0.25, 0.3) is 10.9 Å². The van der Waals surface area contributed by atoms with Crippen molar-refractivity contribution in [3.8, 4) is 0 Å². The van der Waals surface area contributed by atoms with Crippen LogP contribution in [0.5, 0.6) is 0 Å². The van der Waals surface area contributed by atoms with Gasteiger partial charge in [0.05, 0.1) is 11.6 Å². The first kappa shape index (κ1) is 25.9. The number of carbonyl (C=O) groups excluding carboxylic acids is 1. The fourth-order valence-electron chi connectivity index (χ4n) is 5.12. The van der Waals surface area contributed by atoms with Crippen LogP contribution >= 0.6 is 12.8 Å². The lowest BCUT2D eigenvalue weighted by Gasteiger charge is -2.35. The number of nitrogens with one attached hydrogen (secondary N) is 2. The number of aromatic nitrogens is 2. The van der Waals surface area contributed by atoms with Gasteiger partial charge in [-0.05, 0) is 48.9 Å². The van der Waals surface area contributed by atoms with Crippen molar-refractivity contribution in [2.75, 3.05) is 24.3 Å². The van der Waals surface area contributed by atoms with Crippen molar-refractivity contribution in [2.45, 2.75) is 43.8 Å². The van der Waals surface area contributed by atoms with Gasteiger partial charge in [-0.3, -0.25) is 4.31 Å². The maximum Gasteiger partial charge on any atom is 0.328 e. The lowest BCUT2D eigenvalue weighted by molar-refractivity contribution is 0.202. The van der Waals surface area contributed by atoms with Gasteiger partial charge in [0.15, 0.2) is 0 Å². The zero-order valence-electron chi connectivity index (χ0n) is 21.8. The number of urea groups is 1. The number of para-hydroxylation sites is 1. The molecule has 2 N–H and O–H groups in total. The Morgan fingerprint density at radius 1 is 0.842 bits per heavy atom. The van der Waals surface area contributed by atoms with Crippen LogP contribution in [0.1, 0.15) is 42.9 Å². The monoisotopic (exact) mass is 526 g/mol. The number of amides is 2. The second-order valence-electron chi connectivity index (χ2n) is 9.98. The molecular weight excluding hydrogens is 492 g/mol. The Bertz CT molecular complexity index is 1320.